The summed E-state index contributed by atoms with van der Waals surface area (Å²) in [6.07, 6.45) is -0.0895. The van der Waals surface area contributed by atoms with Gasteiger partial charge in [-0.2, -0.15) is 0 Å². The highest BCUT2D eigenvalue weighted by molar-refractivity contribution is 5.75. The number of aliphatic hydroxyl groups is 1. The maximum absolute atomic E-state index is 13.3. The molecule has 0 saturated heterocycles. The fourth-order valence-electron chi connectivity index (χ4n) is 3.09. The molecule has 118 valence electrons. The van der Waals surface area contributed by atoms with Gasteiger partial charge in [0.1, 0.15) is 29.1 Å². The summed E-state index contributed by atoms with van der Waals surface area (Å²) in [7, 11) is 0. The fraction of sp³-hybridized carbons (Fsp3) is 0.278. The summed E-state index contributed by atoms with van der Waals surface area (Å²) in [5.41, 5.74) is 2.80. The minimum Gasteiger partial charge on any atom is -0.487 e. The largest absolute Gasteiger partial charge is 0.487 e. The molecule has 1 aliphatic rings. The second-order valence-electron chi connectivity index (χ2n) is 6.59. The Morgan fingerprint density at radius 1 is 1.26 bits per heavy atom. The van der Waals surface area contributed by atoms with Gasteiger partial charge in [-0.1, -0.05) is 6.07 Å². The lowest BCUT2D eigenvalue weighted by molar-refractivity contribution is 0.138. The molecular weight excluding hydrogens is 295 g/mol. The van der Waals surface area contributed by atoms with E-state index in [4.69, 9.17) is 4.74 Å². The van der Waals surface area contributed by atoms with Crippen molar-refractivity contribution in [1.82, 2.24) is 9.97 Å². The summed E-state index contributed by atoms with van der Waals surface area (Å²) in [6.45, 7) is 4.08. The number of aromatic nitrogens is 2. The standard InChI is InChI=1S/C18H17FN2O2/c1-18(2)9-11-7-10(3-6-15(11)23-18)16(22)17-20-13-5-4-12(19)8-14(13)21-17/h3-8,16,22H,9H2,1-2H3,(H,20,21). The monoisotopic (exact) mass is 312 g/mol. The molecule has 0 radical (unpaired) electrons. The van der Waals surface area contributed by atoms with Gasteiger partial charge in [0.05, 0.1) is 11.0 Å². The van der Waals surface area contributed by atoms with Gasteiger partial charge in [0.25, 0.3) is 0 Å². The number of aliphatic hydroxyl groups excluding tert-OH is 1. The van der Waals surface area contributed by atoms with Gasteiger partial charge in [0.2, 0.25) is 0 Å². The van der Waals surface area contributed by atoms with Gasteiger partial charge in [-0.3, -0.25) is 0 Å². The number of hydrogen-bond acceptors (Lipinski definition) is 3. The van der Waals surface area contributed by atoms with Crippen molar-refractivity contribution in [2.75, 3.05) is 0 Å². The highest BCUT2D eigenvalue weighted by Crippen LogP contribution is 2.37. The Morgan fingerprint density at radius 2 is 2.09 bits per heavy atom. The number of H-pyrrole nitrogens is 1. The molecule has 5 heteroatoms. The molecule has 1 unspecified atom stereocenters. The van der Waals surface area contributed by atoms with Crippen LogP contribution in [0.1, 0.15) is 36.9 Å². The SMILES string of the molecule is CC1(C)Cc2cc(C(O)c3nc4ccc(F)cc4[nH]3)ccc2O1. The van der Waals surface area contributed by atoms with Crippen molar-refractivity contribution in [3.05, 3.63) is 59.2 Å². The Morgan fingerprint density at radius 3 is 2.91 bits per heavy atom. The van der Waals surface area contributed by atoms with Gasteiger partial charge in [-0.15, -0.1) is 0 Å². The van der Waals surface area contributed by atoms with Gasteiger partial charge in [0, 0.05) is 6.42 Å². The molecule has 2 heterocycles. The molecule has 1 aliphatic heterocycles. The first-order valence-electron chi connectivity index (χ1n) is 7.56. The summed E-state index contributed by atoms with van der Waals surface area (Å²) in [4.78, 5) is 7.34. The number of ether oxygens (including phenoxy) is 1. The molecule has 2 aromatic carbocycles. The average molecular weight is 312 g/mol. The number of fused-ring (bicyclic) bond motifs is 2. The van der Waals surface area contributed by atoms with E-state index in [2.05, 4.69) is 9.97 Å². The predicted octanol–water partition coefficient (Wildman–Crippen LogP) is 3.50. The lowest BCUT2D eigenvalue weighted by Gasteiger charge is -2.16. The molecule has 1 aromatic heterocycles. The minimum atomic E-state index is -0.889. The zero-order valence-electron chi connectivity index (χ0n) is 12.9. The Labute approximate surface area is 132 Å². The van der Waals surface area contributed by atoms with Crippen LogP contribution in [0.4, 0.5) is 4.39 Å². The molecular formula is C18H17FN2O2. The number of nitrogens with one attached hydrogen (secondary N) is 1. The van der Waals surface area contributed by atoms with E-state index in [-0.39, 0.29) is 11.4 Å². The zero-order chi connectivity index (χ0) is 16.2. The number of imidazole rings is 1. The summed E-state index contributed by atoms with van der Waals surface area (Å²) in [5.74, 6) is 0.931. The van der Waals surface area contributed by atoms with Crippen molar-refractivity contribution in [3.63, 3.8) is 0 Å². The molecule has 0 saturated carbocycles. The number of nitrogens with zero attached hydrogens (tertiary/aromatic N) is 1. The topological polar surface area (TPSA) is 58.1 Å². The van der Waals surface area contributed by atoms with Gasteiger partial charge in [0.15, 0.2) is 0 Å². The quantitative estimate of drug-likeness (QED) is 0.761. The van der Waals surface area contributed by atoms with Crippen LogP contribution >= 0.6 is 0 Å². The van der Waals surface area contributed by atoms with Gasteiger partial charge in [-0.25, -0.2) is 9.37 Å². The van der Waals surface area contributed by atoms with Crippen molar-refractivity contribution in [1.29, 1.82) is 0 Å². The van der Waals surface area contributed by atoms with Crippen molar-refractivity contribution < 1.29 is 14.2 Å². The predicted molar refractivity (Wildman–Crippen MR) is 85.0 cm³/mol. The van der Waals surface area contributed by atoms with Crippen LogP contribution in [0.3, 0.4) is 0 Å². The maximum Gasteiger partial charge on any atom is 0.140 e. The first-order chi connectivity index (χ1) is 10.9. The second kappa shape index (κ2) is 4.80. The second-order valence-corrected chi connectivity index (χ2v) is 6.59. The Balaban J connectivity index is 1.70. The van der Waals surface area contributed by atoms with Gasteiger partial charge >= 0.3 is 0 Å². The van der Waals surface area contributed by atoms with Crippen LogP contribution in [-0.2, 0) is 6.42 Å². The highest BCUT2D eigenvalue weighted by atomic mass is 19.1. The van der Waals surface area contributed by atoms with Crippen LogP contribution in [0.25, 0.3) is 11.0 Å². The molecule has 0 aliphatic carbocycles. The number of benzene rings is 2. The van der Waals surface area contributed by atoms with E-state index in [0.717, 1.165) is 23.3 Å². The van der Waals surface area contributed by atoms with Crippen LogP contribution in [0.2, 0.25) is 0 Å². The Hall–Kier alpha value is -2.40. The summed E-state index contributed by atoms with van der Waals surface area (Å²) >= 11 is 0. The molecule has 3 aromatic rings. The van der Waals surface area contributed by atoms with Crippen molar-refractivity contribution in [3.8, 4) is 5.75 Å². The summed E-state index contributed by atoms with van der Waals surface area (Å²) in [6, 6.07) is 9.98. The molecule has 4 rings (SSSR count). The van der Waals surface area contributed by atoms with Gasteiger partial charge in [-0.05, 0) is 55.3 Å². The van der Waals surface area contributed by atoms with Gasteiger partial charge < -0.3 is 14.8 Å². The Bertz CT molecular complexity index is 901. The van der Waals surface area contributed by atoms with Crippen LogP contribution in [0.5, 0.6) is 5.75 Å². The van der Waals surface area contributed by atoms with E-state index in [1.54, 1.807) is 6.07 Å². The van der Waals surface area contributed by atoms with E-state index in [1.807, 2.05) is 32.0 Å². The average Bonchev–Trinajstić information content (AvgIpc) is 3.03. The third-order valence-corrected chi connectivity index (χ3v) is 4.12. The lowest BCUT2D eigenvalue weighted by atomic mass is 9.98. The van der Waals surface area contributed by atoms with Crippen LogP contribution in [0, 0.1) is 5.82 Å². The molecule has 1 atom stereocenters. The zero-order valence-corrected chi connectivity index (χ0v) is 12.9. The maximum atomic E-state index is 13.3. The third kappa shape index (κ3) is 2.47. The minimum absolute atomic E-state index is 0.219. The number of aromatic amines is 1. The molecule has 0 spiro atoms. The smallest absolute Gasteiger partial charge is 0.140 e. The van der Waals surface area contributed by atoms with E-state index in [1.165, 1.54) is 12.1 Å². The summed E-state index contributed by atoms with van der Waals surface area (Å²) in [5, 5.41) is 10.6. The lowest BCUT2D eigenvalue weighted by Crippen LogP contribution is -2.24. The number of rotatable bonds is 2. The normalized spacial score (nSPS) is 17.0. The Kier molecular flexibility index (Phi) is 2.96. The first kappa shape index (κ1) is 14.2. The molecule has 0 fully saturated rings. The molecule has 0 bridgehead atoms. The molecule has 0 amide bonds. The molecule has 23 heavy (non-hydrogen) atoms. The number of halogens is 1. The fourth-order valence-corrected chi connectivity index (χ4v) is 3.09. The van der Waals surface area contributed by atoms with Crippen LogP contribution < -0.4 is 4.74 Å². The van der Waals surface area contributed by atoms with Crippen LogP contribution in [-0.4, -0.2) is 20.7 Å². The van der Waals surface area contributed by atoms with Crippen molar-refractivity contribution >= 4 is 11.0 Å². The third-order valence-electron chi connectivity index (χ3n) is 4.12. The van der Waals surface area contributed by atoms with Crippen molar-refractivity contribution in [2.24, 2.45) is 0 Å². The van der Waals surface area contributed by atoms with E-state index in [9.17, 15) is 9.50 Å². The molecule has 2 N–H and O–H groups in total. The number of hydrogen-bond donors (Lipinski definition) is 2. The highest BCUT2D eigenvalue weighted by Gasteiger charge is 2.30. The van der Waals surface area contributed by atoms with E-state index < -0.39 is 6.10 Å². The van der Waals surface area contributed by atoms with E-state index >= 15 is 0 Å². The summed E-state index contributed by atoms with van der Waals surface area (Å²) < 4.78 is 19.1. The van der Waals surface area contributed by atoms with E-state index in [0.29, 0.717) is 16.9 Å². The van der Waals surface area contributed by atoms with Crippen molar-refractivity contribution in [2.45, 2.75) is 32.0 Å². The molecule has 4 nitrogen and oxygen atoms in total. The first-order valence-corrected chi connectivity index (χ1v) is 7.56. The van der Waals surface area contributed by atoms with Crippen LogP contribution in [0.15, 0.2) is 36.4 Å².